The van der Waals surface area contributed by atoms with Gasteiger partial charge in [0.25, 0.3) is 0 Å². The summed E-state index contributed by atoms with van der Waals surface area (Å²) < 4.78 is 38.8. The van der Waals surface area contributed by atoms with Crippen molar-refractivity contribution < 1.29 is 32.6 Å². The van der Waals surface area contributed by atoms with E-state index < -0.39 is 37.2 Å². The zero-order valence-corrected chi connectivity index (χ0v) is 8.50. The van der Waals surface area contributed by atoms with E-state index in [1.54, 1.807) is 0 Å². The van der Waals surface area contributed by atoms with Gasteiger partial charge in [0, 0.05) is 6.54 Å². The Hall–Kier alpha value is -1.31. The lowest BCUT2D eigenvalue weighted by atomic mass is 10.2. The van der Waals surface area contributed by atoms with Gasteiger partial charge in [-0.15, -0.1) is 0 Å². The van der Waals surface area contributed by atoms with Crippen LogP contribution in [-0.2, 0) is 14.3 Å². The van der Waals surface area contributed by atoms with E-state index in [0.29, 0.717) is 0 Å². The molecule has 0 aliphatic carbocycles. The van der Waals surface area contributed by atoms with Gasteiger partial charge >= 0.3 is 12.1 Å². The lowest BCUT2D eigenvalue weighted by Gasteiger charge is -2.09. The summed E-state index contributed by atoms with van der Waals surface area (Å²) in [6.45, 7) is -1.04. The van der Waals surface area contributed by atoms with Gasteiger partial charge in [-0.3, -0.25) is 9.59 Å². The molecular formula is C8H12F3NO4. The quantitative estimate of drug-likeness (QED) is 0.708. The minimum Gasteiger partial charge on any atom is -0.481 e. The summed E-state index contributed by atoms with van der Waals surface area (Å²) >= 11 is 0. The van der Waals surface area contributed by atoms with Crippen LogP contribution < -0.4 is 5.32 Å². The molecule has 94 valence electrons. The molecule has 0 heterocycles. The third-order valence-electron chi connectivity index (χ3n) is 1.53. The number of amides is 1. The molecule has 0 spiro atoms. The normalized spacial score (nSPS) is 13.2. The zero-order chi connectivity index (χ0) is 12.8. The Bertz CT molecular complexity index is 254. The van der Waals surface area contributed by atoms with Crippen molar-refractivity contribution in [3.05, 3.63) is 0 Å². The first-order valence-corrected chi connectivity index (χ1v) is 4.36. The minimum atomic E-state index is -4.48. The first-order chi connectivity index (χ1) is 7.22. The Morgan fingerprint density at radius 3 is 2.44 bits per heavy atom. The van der Waals surface area contributed by atoms with E-state index in [2.05, 4.69) is 10.1 Å². The zero-order valence-electron chi connectivity index (χ0n) is 8.50. The van der Waals surface area contributed by atoms with Crippen LogP contribution in [0.15, 0.2) is 0 Å². The van der Waals surface area contributed by atoms with Gasteiger partial charge in [0.1, 0.15) is 13.2 Å². The van der Waals surface area contributed by atoms with Gasteiger partial charge in [-0.1, -0.05) is 6.92 Å². The van der Waals surface area contributed by atoms with Gasteiger partial charge < -0.3 is 15.2 Å². The Morgan fingerprint density at radius 1 is 1.44 bits per heavy atom. The summed E-state index contributed by atoms with van der Waals surface area (Å²) in [6.07, 6.45) is -4.48. The summed E-state index contributed by atoms with van der Waals surface area (Å²) in [5.41, 5.74) is 0. The first kappa shape index (κ1) is 14.7. The van der Waals surface area contributed by atoms with Crippen molar-refractivity contribution in [2.24, 2.45) is 5.92 Å². The Labute approximate surface area is 89.6 Å². The molecule has 1 amide bonds. The molecule has 8 heteroatoms. The Morgan fingerprint density at radius 2 is 2.00 bits per heavy atom. The predicted molar refractivity (Wildman–Crippen MR) is 46.7 cm³/mol. The van der Waals surface area contributed by atoms with E-state index in [0.717, 1.165) is 0 Å². The monoisotopic (exact) mass is 243 g/mol. The standard InChI is InChI=1S/C8H12F3NO4/c1-5(7(14)15)2-12-6(13)3-16-4-8(9,10)11/h5H,2-4H2,1H3,(H,12,13)(H,14,15). The molecule has 1 atom stereocenters. The lowest BCUT2D eigenvalue weighted by molar-refractivity contribution is -0.175. The average Bonchev–Trinajstić information content (AvgIpc) is 2.11. The molecule has 2 N–H and O–H groups in total. The molecule has 0 aliphatic heterocycles. The molecule has 0 radical (unpaired) electrons. The molecule has 0 aliphatic rings. The number of carboxylic acids is 1. The lowest BCUT2D eigenvalue weighted by Crippen LogP contribution is -2.34. The van der Waals surface area contributed by atoms with E-state index in [1.165, 1.54) is 6.92 Å². The maximum atomic E-state index is 11.6. The van der Waals surface area contributed by atoms with Crippen LogP contribution >= 0.6 is 0 Å². The second-order valence-electron chi connectivity index (χ2n) is 3.15. The highest BCUT2D eigenvalue weighted by atomic mass is 19.4. The number of hydrogen-bond donors (Lipinski definition) is 2. The highest BCUT2D eigenvalue weighted by Crippen LogP contribution is 2.13. The summed E-state index contributed by atoms with van der Waals surface area (Å²) in [7, 11) is 0. The van der Waals surface area contributed by atoms with Crippen molar-refractivity contribution in [2.45, 2.75) is 13.1 Å². The van der Waals surface area contributed by atoms with Gasteiger partial charge in [-0.25, -0.2) is 0 Å². The van der Waals surface area contributed by atoms with Crippen molar-refractivity contribution in [1.82, 2.24) is 5.32 Å². The van der Waals surface area contributed by atoms with Crippen LogP contribution in [0.5, 0.6) is 0 Å². The Kier molecular flexibility index (Phi) is 5.79. The maximum absolute atomic E-state index is 11.6. The largest absolute Gasteiger partial charge is 0.481 e. The molecule has 16 heavy (non-hydrogen) atoms. The summed E-state index contributed by atoms with van der Waals surface area (Å²) in [5.74, 6) is -2.68. The summed E-state index contributed by atoms with van der Waals surface area (Å²) in [4.78, 5) is 21.2. The fourth-order valence-corrected chi connectivity index (χ4v) is 0.665. The Balaban J connectivity index is 3.64. The number of rotatable bonds is 6. The number of nitrogens with one attached hydrogen (secondary N) is 1. The molecule has 1 unspecified atom stereocenters. The van der Waals surface area contributed by atoms with E-state index in [9.17, 15) is 22.8 Å². The smallest absolute Gasteiger partial charge is 0.411 e. The van der Waals surface area contributed by atoms with Crippen molar-refractivity contribution in [2.75, 3.05) is 19.8 Å². The van der Waals surface area contributed by atoms with Gasteiger partial charge in [-0.05, 0) is 0 Å². The predicted octanol–water partition coefficient (Wildman–Crippen LogP) is 0.402. The molecule has 0 saturated carbocycles. The molecule has 0 saturated heterocycles. The molecule has 0 aromatic heterocycles. The maximum Gasteiger partial charge on any atom is 0.411 e. The number of alkyl halides is 3. The summed E-state index contributed by atoms with van der Waals surface area (Å²) in [6, 6.07) is 0. The number of hydrogen-bond acceptors (Lipinski definition) is 3. The highest BCUT2D eigenvalue weighted by molar-refractivity contribution is 5.78. The number of carboxylic acid groups (broad SMARTS) is 1. The fourth-order valence-electron chi connectivity index (χ4n) is 0.665. The number of halogens is 3. The van der Waals surface area contributed by atoms with Gasteiger partial charge in [0.05, 0.1) is 5.92 Å². The third-order valence-corrected chi connectivity index (χ3v) is 1.53. The van der Waals surface area contributed by atoms with E-state index in [-0.39, 0.29) is 6.54 Å². The van der Waals surface area contributed by atoms with Gasteiger partial charge in [0.15, 0.2) is 0 Å². The third kappa shape index (κ3) is 8.04. The highest BCUT2D eigenvalue weighted by Gasteiger charge is 2.27. The molecule has 0 rings (SSSR count). The fraction of sp³-hybridized carbons (Fsp3) is 0.750. The number of aliphatic carboxylic acids is 1. The van der Waals surface area contributed by atoms with Crippen LogP contribution in [0.2, 0.25) is 0 Å². The van der Waals surface area contributed by atoms with Crippen molar-refractivity contribution in [3.8, 4) is 0 Å². The molecular weight excluding hydrogens is 231 g/mol. The number of carbonyl (C=O) groups is 2. The van der Waals surface area contributed by atoms with E-state index in [4.69, 9.17) is 5.11 Å². The van der Waals surface area contributed by atoms with Crippen molar-refractivity contribution in [3.63, 3.8) is 0 Å². The molecule has 0 aromatic rings. The van der Waals surface area contributed by atoms with Crippen LogP contribution in [0, 0.1) is 5.92 Å². The van der Waals surface area contributed by atoms with E-state index in [1.807, 2.05) is 0 Å². The van der Waals surface area contributed by atoms with Crippen LogP contribution in [0.4, 0.5) is 13.2 Å². The van der Waals surface area contributed by atoms with Crippen LogP contribution in [-0.4, -0.2) is 42.9 Å². The van der Waals surface area contributed by atoms with E-state index >= 15 is 0 Å². The van der Waals surface area contributed by atoms with Gasteiger partial charge in [0.2, 0.25) is 5.91 Å². The van der Waals surface area contributed by atoms with Crippen molar-refractivity contribution >= 4 is 11.9 Å². The minimum absolute atomic E-state index is 0.149. The topological polar surface area (TPSA) is 75.6 Å². The van der Waals surface area contributed by atoms with Crippen molar-refractivity contribution in [1.29, 1.82) is 0 Å². The number of carbonyl (C=O) groups excluding carboxylic acids is 1. The van der Waals surface area contributed by atoms with Gasteiger partial charge in [-0.2, -0.15) is 13.2 Å². The average molecular weight is 243 g/mol. The van der Waals surface area contributed by atoms with Crippen LogP contribution in [0.1, 0.15) is 6.92 Å². The first-order valence-electron chi connectivity index (χ1n) is 4.36. The second kappa shape index (κ2) is 6.31. The number of ether oxygens (including phenoxy) is 1. The van der Waals surface area contributed by atoms with Crippen LogP contribution in [0.25, 0.3) is 0 Å². The molecule has 0 fully saturated rings. The molecule has 0 bridgehead atoms. The molecule has 5 nitrogen and oxygen atoms in total. The SMILES string of the molecule is CC(CNC(=O)COCC(F)(F)F)C(=O)O. The second-order valence-corrected chi connectivity index (χ2v) is 3.15. The van der Waals surface area contributed by atoms with Crippen LogP contribution in [0.3, 0.4) is 0 Å². The summed E-state index contributed by atoms with van der Waals surface area (Å²) in [5, 5.41) is 10.6. The molecule has 0 aromatic carbocycles.